The molecule has 0 bridgehead atoms. The molecule has 1 heterocycles. The molecule has 3 aromatic rings. The Morgan fingerprint density at radius 2 is 2.00 bits per heavy atom. The van der Waals surface area contributed by atoms with Crippen LogP contribution in [0.2, 0.25) is 0 Å². The fourth-order valence-corrected chi connectivity index (χ4v) is 3.19. The maximum atomic E-state index is 5.97. The summed E-state index contributed by atoms with van der Waals surface area (Å²) >= 11 is 0. The number of hydrogen-bond donors (Lipinski definition) is 1. The number of hydrogen-bond acceptors (Lipinski definition) is 2. The molecule has 0 spiro atoms. The summed E-state index contributed by atoms with van der Waals surface area (Å²) in [5, 5.41) is 4.44. The lowest BCUT2D eigenvalue weighted by Gasteiger charge is -2.03. The van der Waals surface area contributed by atoms with Gasteiger partial charge in [0.2, 0.25) is 0 Å². The Bertz CT molecular complexity index is 741. The number of nitrogens with one attached hydrogen (secondary N) is 1. The Hall–Kier alpha value is -2.06. The third kappa shape index (κ3) is 2.36. The first-order chi connectivity index (χ1) is 10.3. The van der Waals surface area contributed by atoms with Crippen LogP contribution in [0, 0.1) is 5.92 Å². The first kappa shape index (κ1) is 12.7. The summed E-state index contributed by atoms with van der Waals surface area (Å²) in [6.45, 7) is 1.11. The van der Waals surface area contributed by atoms with Gasteiger partial charge in [-0.25, -0.2) is 0 Å². The highest BCUT2D eigenvalue weighted by atomic mass is 16.3. The second-order valence-electron chi connectivity index (χ2n) is 5.93. The van der Waals surface area contributed by atoms with E-state index < -0.39 is 0 Å². The lowest BCUT2D eigenvalue weighted by Crippen LogP contribution is -2.10. The van der Waals surface area contributed by atoms with Gasteiger partial charge in [0.1, 0.15) is 11.3 Å². The zero-order chi connectivity index (χ0) is 14.2. The van der Waals surface area contributed by atoms with Crippen molar-refractivity contribution in [1.29, 1.82) is 0 Å². The van der Waals surface area contributed by atoms with Crippen LogP contribution in [-0.2, 0) is 0 Å². The highest BCUT2D eigenvalue weighted by molar-refractivity contribution is 5.82. The van der Waals surface area contributed by atoms with Crippen LogP contribution in [0.1, 0.15) is 17.9 Å². The average Bonchev–Trinajstić information content (AvgIpc) is 3.15. The molecule has 1 aliphatic rings. The molecule has 21 heavy (non-hydrogen) atoms. The van der Waals surface area contributed by atoms with Crippen molar-refractivity contribution in [3.05, 3.63) is 60.2 Å². The standard InChI is InChI=1S/C19H19NO/c1-20-12-16-10-17(16)13-6-4-7-14(9-13)19-11-15-5-2-3-8-18(15)21-19/h2-9,11,16-17,20H,10,12H2,1H3. The molecule has 4 rings (SSSR count). The minimum Gasteiger partial charge on any atom is -0.456 e. The first-order valence-electron chi connectivity index (χ1n) is 7.58. The van der Waals surface area contributed by atoms with Crippen LogP contribution in [-0.4, -0.2) is 13.6 Å². The highest BCUT2D eigenvalue weighted by Gasteiger charge is 2.37. The molecule has 0 amide bonds. The normalized spacial score (nSPS) is 20.8. The summed E-state index contributed by atoms with van der Waals surface area (Å²) < 4.78 is 5.97. The van der Waals surface area contributed by atoms with E-state index in [2.05, 4.69) is 41.7 Å². The summed E-state index contributed by atoms with van der Waals surface area (Å²) in [6.07, 6.45) is 1.30. The largest absolute Gasteiger partial charge is 0.456 e. The van der Waals surface area contributed by atoms with Crippen LogP contribution in [0.3, 0.4) is 0 Å². The van der Waals surface area contributed by atoms with Gasteiger partial charge in [0, 0.05) is 10.9 Å². The number of rotatable bonds is 4. The minimum atomic E-state index is 0.710. The molecule has 1 aliphatic carbocycles. The van der Waals surface area contributed by atoms with E-state index in [1.165, 1.54) is 17.5 Å². The molecule has 1 aromatic heterocycles. The molecule has 2 unspecified atom stereocenters. The predicted molar refractivity (Wildman–Crippen MR) is 86.4 cm³/mol. The SMILES string of the molecule is CNCC1CC1c1cccc(-c2cc3ccccc3o2)c1. The molecule has 0 radical (unpaired) electrons. The zero-order valence-corrected chi connectivity index (χ0v) is 12.2. The molecule has 2 atom stereocenters. The van der Waals surface area contributed by atoms with Crippen molar-refractivity contribution in [3.8, 4) is 11.3 Å². The number of para-hydroxylation sites is 1. The summed E-state index contributed by atoms with van der Waals surface area (Å²) in [7, 11) is 2.03. The van der Waals surface area contributed by atoms with Crippen molar-refractivity contribution in [1.82, 2.24) is 5.32 Å². The molecular formula is C19H19NO. The van der Waals surface area contributed by atoms with Gasteiger partial charge < -0.3 is 9.73 Å². The molecule has 2 heteroatoms. The van der Waals surface area contributed by atoms with Crippen molar-refractivity contribution in [2.24, 2.45) is 5.92 Å². The Kier molecular flexibility index (Phi) is 3.04. The Labute approximate surface area is 124 Å². The topological polar surface area (TPSA) is 25.2 Å². The number of fused-ring (bicyclic) bond motifs is 1. The average molecular weight is 277 g/mol. The summed E-state index contributed by atoms with van der Waals surface area (Å²) in [5.74, 6) is 2.46. The highest BCUT2D eigenvalue weighted by Crippen LogP contribution is 2.47. The predicted octanol–water partition coefficient (Wildman–Crippen LogP) is 4.42. The molecule has 1 saturated carbocycles. The number of benzene rings is 2. The van der Waals surface area contributed by atoms with Gasteiger partial charge in [-0.2, -0.15) is 0 Å². The van der Waals surface area contributed by atoms with Crippen LogP contribution in [0.25, 0.3) is 22.3 Å². The van der Waals surface area contributed by atoms with Gasteiger partial charge in [0.25, 0.3) is 0 Å². The monoisotopic (exact) mass is 277 g/mol. The van der Waals surface area contributed by atoms with E-state index in [0.717, 1.165) is 29.2 Å². The van der Waals surface area contributed by atoms with Crippen LogP contribution in [0.4, 0.5) is 0 Å². The zero-order valence-electron chi connectivity index (χ0n) is 12.2. The van der Waals surface area contributed by atoms with Crippen LogP contribution in [0.15, 0.2) is 59.0 Å². The molecule has 0 saturated heterocycles. The van der Waals surface area contributed by atoms with Gasteiger partial charge >= 0.3 is 0 Å². The van der Waals surface area contributed by atoms with Crippen molar-refractivity contribution in [2.45, 2.75) is 12.3 Å². The van der Waals surface area contributed by atoms with Gasteiger partial charge in [-0.1, -0.05) is 36.4 Å². The van der Waals surface area contributed by atoms with Crippen molar-refractivity contribution >= 4 is 11.0 Å². The molecule has 0 aliphatic heterocycles. The maximum absolute atomic E-state index is 5.97. The van der Waals surface area contributed by atoms with Crippen LogP contribution >= 0.6 is 0 Å². The molecule has 106 valence electrons. The minimum absolute atomic E-state index is 0.710. The molecule has 2 nitrogen and oxygen atoms in total. The van der Waals surface area contributed by atoms with E-state index in [1.54, 1.807) is 0 Å². The first-order valence-corrected chi connectivity index (χ1v) is 7.58. The lowest BCUT2D eigenvalue weighted by molar-refractivity contribution is 0.631. The quantitative estimate of drug-likeness (QED) is 0.763. The molecule has 2 aromatic carbocycles. The fraction of sp³-hybridized carbons (Fsp3) is 0.263. The maximum Gasteiger partial charge on any atom is 0.135 e. The third-order valence-corrected chi connectivity index (χ3v) is 4.41. The van der Waals surface area contributed by atoms with Crippen molar-refractivity contribution in [2.75, 3.05) is 13.6 Å². The summed E-state index contributed by atoms with van der Waals surface area (Å²) in [5.41, 5.74) is 3.57. The Balaban J connectivity index is 1.66. The number of furan rings is 1. The van der Waals surface area contributed by atoms with E-state index in [0.29, 0.717) is 5.92 Å². The van der Waals surface area contributed by atoms with E-state index >= 15 is 0 Å². The van der Waals surface area contributed by atoms with E-state index in [4.69, 9.17) is 4.42 Å². The smallest absolute Gasteiger partial charge is 0.135 e. The Morgan fingerprint density at radius 1 is 1.10 bits per heavy atom. The van der Waals surface area contributed by atoms with Gasteiger partial charge in [-0.15, -0.1) is 0 Å². The van der Waals surface area contributed by atoms with E-state index in [-0.39, 0.29) is 0 Å². The second-order valence-corrected chi connectivity index (χ2v) is 5.93. The fourth-order valence-electron chi connectivity index (χ4n) is 3.19. The van der Waals surface area contributed by atoms with Gasteiger partial charge in [0.15, 0.2) is 0 Å². The second kappa shape index (κ2) is 5.05. The van der Waals surface area contributed by atoms with E-state index in [1.807, 2.05) is 25.2 Å². The van der Waals surface area contributed by atoms with Crippen molar-refractivity contribution < 1.29 is 4.42 Å². The summed E-state index contributed by atoms with van der Waals surface area (Å²) in [6, 6.07) is 19.1. The Morgan fingerprint density at radius 3 is 2.86 bits per heavy atom. The van der Waals surface area contributed by atoms with E-state index in [9.17, 15) is 0 Å². The van der Waals surface area contributed by atoms with Gasteiger partial charge in [-0.05, 0) is 55.6 Å². The summed E-state index contributed by atoms with van der Waals surface area (Å²) in [4.78, 5) is 0. The molecular weight excluding hydrogens is 258 g/mol. The molecule has 1 fully saturated rings. The third-order valence-electron chi connectivity index (χ3n) is 4.41. The lowest BCUT2D eigenvalue weighted by atomic mass is 10.0. The van der Waals surface area contributed by atoms with Crippen molar-refractivity contribution in [3.63, 3.8) is 0 Å². The van der Waals surface area contributed by atoms with Crippen LogP contribution < -0.4 is 5.32 Å². The van der Waals surface area contributed by atoms with Crippen LogP contribution in [0.5, 0.6) is 0 Å². The molecule has 1 N–H and O–H groups in total. The van der Waals surface area contributed by atoms with Gasteiger partial charge in [0.05, 0.1) is 0 Å². The van der Waals surface area contributed by atoms with Gasteiger partial charge in [-0.3, -0.25) is 0 Å².